The highest BCUT2D eigenvalue weighted by molar-refractivity contribution is 4.98. The van der Waals surface area contributed by atoms with Crippen molar-refractivity contribution in [2.75, 3.05) is 26.3 Å². The largest absolute Gasteiger partial charge is 0.381 e. The summed E-state index contributed by atoms with van der Waals surface area (Å²) in [5, 5.41) is 7.44. The lowest BCUT2D eigenvalue weighted by molar-refractivity contribution is 0.0237. The van der Waals surface area contributed by atoms with Crippen molar-refractivity contribution in [1.82, 2.24) is 10.6 Å². The Kier molecular flexibility index (Phi) is 3.42. The molecule has 3 heterocycles. The summed E-state index contributed by atoms with van der Waals surface area (Å²) in [6.45, 7) is 6.69. The predicted octanol–water partition coefficient (Wildman–Crippen LogP) is 1.53. The van der Waals surface area contributed by atoms with Gasteiger partial charge in [0.15, 0.2) is 0 Å². The summed E-state index contributed by atoms with van der Waals surface area (Å²) in [4.78, 5) is 0. The van der Waals surface area contributed by atoms with Crippen molar-refractivity contribution in [3.63, 3.8) is 0 Å². The van der Waals surface area contributed by atoms with E-state index in [-0.39, 0.29) is 0 Å². The number of ether oxygens (including phenoxy) is 1. The molecule has 3 rings (SSSR count). The van der Waals surface area contributed by atoms with E-state index < -0.39 is 0 Å². The van der Waals surface area contributed by atoms with Crippen LogP contribution in [0.4, 0.5) is 0 Å². The minimum atomic E-state index is 0.475. The molecule has 3 unspecified atom stereocenters. The maximum Gasteiger partial charge on any atom is 0.0471 e. The van der Waals surface area contributed by atoms with E-state index in [1.807, 2.05) is 0 Å². The molecule has 17 heavy (non-hydrogen) atoms. The molecule has 0 aliphatic carbocycles. The molecule has 3 aliphatic heterocycles. The van der Waals surface area contributed by atoms with Gasteiger partial charge in [-0.15, -0.1) is 0 Å². The highest BCUT2D eigenvalue weighted by Crippen LogP contribution is 2.33. The number of hydrogen-bond acceptors (Lipinski definition) is 3. The molecule has 98 valence electrons. The van der Waals surface area contributed by atoms with E-state index in [0.29, 0.717) is 5.41 Å². The van der Waals surface area contributed by atoms with Crippen LogP contribution in [0.5, 0.6) is 0 Å². The summed E-state index contributed by atoms with van der Waals surface area (Å²) in [6.07, 6.45) is 6.65. The van der Waals surface area contributed by atoms with Gasteiger partial charge in [-0.3, -0.25) is 0 Å². The first kappa shape index (κ1) is 11.9. The van der Waals surface area contributed by atoms with Crippen molar-refractivity contribution in [1.29, 1.82) is 0 Å². The quantitative estimate of drug-likeness (QED) is 0.779. The number of rotatable bonds is 4. The number of nitrogens with one attached hydrogen (secondary N) is 2. The lowest BCUT2D eigenvalue weighted by Crippen LogP contribution is -2.40. The van der Waals surface area contributed by atoms with Crippen molar-refractivity contribution in [2.45, 2.75) is 51.1 Å². The number of fused-ring (bicyclic) bond motifs is 2. The van der Waals surface area contributed by atoms with Gasteiger partial charge in [0, 0.05) is 31.8 Å². The Morgan fingerprint density at radius 3 is 2.76 bits per heavy atom. The Bertz CT molecular complexity index is 263. The van der Waals surface area contributed by atoms with Gasteiger partial charge in [0.1, 0.15) is 0 Å². The van der Waals surface area contributed by atoms with Crippen LogP contribution in [-0.4, -0.2) is 38.4 Å². The van der Waals surface area contributed by atoms with Crippen LogP contribution >= 0.6 is 0 Å². The first-order valence-electron chi connectivity index (χ1n) is 7.30. The SMILES string of the molecule is CC1(CNCC2CC3CCC2N3)CCOCC1. The molecule has 3 atom stereocenters. The molecule has 0 aromatic heterocycles. The van der Waals surface area contributed by atoms with Gasteiger partial charge in [0.2, 0.25) is 0 Å². The molecule has 2 N–H and O–H groups in total. The van der Waals surface area contributed by atoms with Crippen molar-refractivity contribution >= 4 is 0 Å². The standard InChI is InChI=1S/C14H26N2O/c1-14(4-6-17-7-5-14)10-15-9-11-8-12-2-3-13(11)16-12/h11-13,15-16H,2-10H2,1H3. The Morgan fingerprint density at radius 1 is 1.29 bits per heavy atom. The highest BCUT2D eigenvalue weighted by Gasteiger charge is 2.38. The first-order valence-corrected chi connectivity index (χ1v) is 7.30. The second-order valence-electron chi connectivity index (χ2n) is 6.60. The van der Waals surface area contributed by atoms with E-state index in [1.54, 1.807) is 0 Å². The van der Waals surface area contributed by atoms with E-state index >= 15 is 0 Å². The van der Waals surface area contributed by atoms with E-state index in [9.17, 15) is 0 Å². The minimum Gasteiger partial charge on any atom is -0.381 e. The third-order valence-electron chi connectivity index (χ3n) is 5.09. The lowest BCUT2D eigenvalue weighted by Gasteiger charge is -2.34. The van der Waals surface area contributed by atoms with E-state index in [2.05, 4.69) is 17.6 Å². The smallest absolute Gasteiger partial charge is 0.0471 e. The van der Waals surface area contributed by atoms with Gasteiger partial charge in [-0.2, -0.15) is 0 Å². The van der Waals surface area contributed by atoms with Crippen LogP contribution in [0, 0.1) is 11.3 Å². The molecule has 0 aromatic carbocycles. The van der Waals surface area contributed by atoms with E-state index in [0.717, 1.165) is 31.2 Å². The summed E-state index contributed by atoms with van der Waals surface area (Å²) < 4.78 is 5.45. The Morgan fingerprint density at radius 2 is 2.12 bits per heavy atom. The first-order chi connectivity index (χ1) is 8.25. The fourth-order valence-electron chi connectivity index (χ4n) is 3.76. The summed E-state index contributed by atoms with van der Waals surface area (Å²) >= 11 is 0. The van der Waals surface area contributed by atoms with Gasteiger partial charge in [-0.1, -0.05) is 6.92 Å². The van der Waals surface area contributed by atoms with Crippen molar-refractivity contribution in [2.24, 2.45) is 11.3 Å². The summed E-state index contributed by atoms with van der Waals surface area (Å²) in [7, 11) is 0. The average Bonchev–Trinajstić information content (AvgIpc) is 2.92. The highest BCUT2D eigenvalue weighted by atomic mass is 16.5. The van der Waals surface area contributed by atoms with Gasteiger partial charge in [0.05, 0.1) is 0 Å². The van der Waals surface area contributed by atoms with Crippen LogP contribution in [0.1, 0.15) is 39.0 Å². The molecule has 0 radical (unpaired) electrons. The fourth-order valence-corrected chi connectivity index (χ4v) is 3.76. The molecular weight excluding hydrogens is 212 g/mol. The summed E-state index contributed by atoms with van der Waals surface area (Å²) in [6, 6.07) is 1.65. The minimum absolute atomic E-state index is 0.475. The molecule has 3 aliphatic rings. The lowest BCUT2D eigenvalue weighted by atomic mass is 9.82. The van der Waals surface area contributed by atoms with Crippen molar-refractivity contribution < 1.29 is 4.74 Å². The van der Waals surface area contributed by atoms with Crippen LogP contribution < -0.4 is 10.6 Å². The van der Waals surface area contributed by atoms with Gasteiger partial charge in [-0.05, 0) is 50.0 Å². The molecular formula is C14H26N2O. The topological polar surface area (TPSA) is 33.3 Å². The Hall–Kier alpha value is -0.120. The molecule has 3 heteroatoms. The zero-order chi connectivity index (χ0) is 11.7. The molecule has 0 amide bonds. The average molecular weight is 238 g/mol. The fraction of sp³-hybridized carbons (Fsp3) is 1.00. The van der Waals surface area contributed by atoms with E-state index in [1.165, 1.54) is 45.2 Å². The molecule has 3 nitrogen and oxygen atoms in total. The predicted molar refractivity (Wildman–Crippen MR) is 69.1 cm³/mol. The van der Waals surface area contributed by atoms with Gasteiger partial charge >= 0.3 is 0 Å². The zero-order valence-electron chi connectivity index (χ0n) is 11.0. The molecule has 3 fully saturated rings. The zero-order valence-corrected chi connectivity index (χ0v) is 11.0. The summed E-state index contributed by atoms with van der Waals surface area (Å²) in [5.41, 5.74) is 0.475. The van der Waals surface area contributed by atoms with Gasteiger partial charge < -0.3 is 15.4 Å². The van der Waals surface area contributed by atoms with Crippen molar-refractivity contribution in [3.8, 4) is 0 Å². The molecule has 0 spiro atoms. The van der Waals surface area contributed by atoms with Crippen LogP contribution in [-0.2, 0) is 4.74 Å². The Labute approximate surface area is 105 Å². The normalized spacial score (nSPS) is 39.7. The van der Waals surface area contributed by atoms with Gasteiger partial charge in [0.25, 0.3) is 0 Å². The maximum atomic E-state index is 5.45. The monoisotopic (exact) mass is 238 g/mol. The van der Waals surface area contributed by atoms with E-state index in [4.69, 9.17) is 4.74 Å². The second-order valence-corrected chi connectivity index (χ2v) is 6.60. The molecule has 0 aromatic rings. The maximum absolute atomic E-state index is 5.45. The van der Waals surface area contributed by atoms with Crippen LogP contribution in [0.2, 0.25) is 0 Å². The summed E-state index contributed by atoms with van der Waals surface area (Å²) in [5.74, 6) is 0.886. The second kappa shape index (κ2) is 4.87. The van der Waals surface area contributed by atoms with Gasteiger partial charge in [-0.25, -0.2) is 0 Å². The molecule has 3 saturated heterocycles. The molecule has 0 saturated carbocycles. The van der Waals surface area contributed by atoms with Crippen LogP contribution in [0.3, 0.4) is 0 Å². The van der Waals surface area contributed by atoms with Crippen LogP contribution in [0.25, 0.3) is 0 Å². The third kappa shape index (κ3) is 2.67. The molecule has 2 bridgehead atoms. The Balaban J connectivity index is 1.40. The third-order valence-corrected chi connectivity index (χ3v) is 5.09. The number of hydrogen-bond donors (Lipinski definition) is 2. The van der Waals surface area contributed by atoms with Crippen molar-refractivity contribution in [3.05, 3.63) is 0 Å². The van der Waals surface area contributed by atoms with Crippen LogP contribution in [0.15, 0.2) is 0 Å².